The maximum absolute atomic E-state index is 12.4. The van der Waals surface area contributed by atoms with Crippen molar-refractivity contribution in [2.45, 2.75) is 4.90 Å². The Bertz CT molecular complexity index is 959. The van der Waals surface area contributed by atoms with Crippen LogP contribution in [0.15, 0.2) is 66.0 Å². The van der Waals surface area contributed by atoms with Crippen molar-refractivity contribution in [2.24, 2.45) is 0 Å². The van der Waals surface area contributed by atoms with Crippen molar-refractivity contribution >= 4 is 39.0 Å². The highest BCUT2D eigenvalue weighted by Gasteiger charge is 2.16. The van der Waals surface area contributed by atoms with Crippen LogP contribution in [-0.4, -0.2) is 18.0 Å². The van der Waals surface area contributed by atoms with Gasteiger partial charge in [0.05, 0.1) is 20.6 Å². The minimum atomic E-state index is -3.84. The Kier molecular flexibility index (Phi) is 4.77. The molecule has 0 aliphatic rings. The highest BCUT2D eigenvalue weighted by molar-refractivity contribution is 7.89. The Labute approximate surface area is 149 Å². The second kappa shape index (κ2) is 6.82. The molecule has 0 atom stereocenters. The third kappa shape index (κ3) is 3.54. The van der Waals surface area contributed by atoms with Crippen LogP contribution in [0.4, 0.5) is 5.82 Å². The number of rotatable bonds is 5. The summed E-state index contributed by atoms with van der Waals surface area (Å²) in [7, 11) is -3.84. The summed E-state index contributed by atoms with van der Waals surface area (Å²) in [6.07, 6.45) is 5.22. The van der Waals surface area contributed by atoms with Crippen molar-refractivity contribution in [1.29, 1.82) is 0 Å². The van der Waals surface area contributed by atoms with E-state index in [0.29, 0.717) is 11.5 Å². The molecule has 0 spiro atoms. The van der Waals surface area contributed by atoms with E-state index in [1.54, 1.807) is 12.3 Å². The fourth-order valence-electron chi connectivity index (χ4n) is 2.02. The molecule has 3 aromatic rings. The van der Waals surface area contributed by atoms with E-state index in [1.807, 2.05) is 35.2 Å². The molecule has 0 amide bonds. The number of hydrogen-bond acceptors (Lipinski definition) is 4. The average Bonchev–Trinajstić information content (AvgIpc) is 3.10. The van der Waals surface area contributed by atoms with Crippen LogP contribution in [0.25, 0.3) is 5.69 Å². The summed E-state index contributed by atoms with van der Waals surface area (Å²) in [6.45, 7) is 0. The molecule has 0 bridgehead atoms. The van der Waals surface area contributed by atoms with Crippen molar-refractivity contribution in [3.05, 3.63) is 71.1 Å². The zero-order chi connectivity index (χ0) is 17.2. The minimum Gasteiger partial charge on any atom is -0.321 e. The van der Waals surface area contributed by atoms with Crippen LogP contribution in [0, 0.1) is 0 Å². The number of nitrogens with zero attached hydrogens (tertiary/aromatic N) is 2. The third-order valence-corrected chi connectivity index (χ3v) is 5.16. The van der Waals surface area contributed by atoms with E-state index in [1.165, 1.54) is 18.2 Å². The summed E-state index contributed by atoms with van der Waals surface area (Å²) in [6, 6.07) is 11.3. The lowest BCUT2D eigenvalue weighted by molar-refractivity contribution is 0.587. The summed E-state index contributed by atoms with van der Waals surface area (Å²) in [4.78, 5) is 6.43. The number of hydrogen-bond donors (Lipinski definition) is 2. The summed E-state index contributed by atoms with van der Waals surface area (Å²) in [5.41, 5.74) is 3.32. The third-order valence-electron chi connectivity index (χ3n) is 3.17. The maximum Gasteiger partial charge on any atom is 0.257 e. The molecule has 124 valence electrons. The predicted octanol–water partition coefficient (Wildman–Crippen LogP) is 3.48. The Morgan fingerprint density at radius 1 is 1.00 bits per heavy atom. The van der Waals surface area contributed by atoms with Crippen molar-refractivity contribution in [3.63, 3.8) is 0 Å². The summed E-state index contributed by atoms with van der Waals surface area (Å²) in [5.74, 6) is 0.359. The Morgan fingerprint density at radius 2 is 1.75 bits per heavy atom. The predicted molar refractivity (Wildman–Crippen MR) is 94.0 cm³/mol. The highest BCUT2D eigenvalue weighted by atomic mass is 35.5. The molecule has 3 rings (SSSR count). The SMILES string of the molecule is O=S(=O)(NNc1ncccc1-n1cccc1)c1ccc(Cl)c(Cl)c1. The number of hydrazine groups is 1. The smallest absolute Gasteiger partial charge is 0.257 e. The Balaban J connectivity index is 1.84. The summed E-state index contributed by atoms with van der Waals surface area (Å²) >= 11 is 11.7. The lowest BCUT2D eigenvalue weighted by Gasteiger charge is -2.13. The van der Waals surface area contributed by atoms with E-state index in [9.17, 15) is 8.42 Å². The maximum atomic E-state index is 12.4. The summed E-state index contributed by atoms with van der Waals surface area (Å²) in [5, 5.41) is 0.439. The van der Waals surface area contributed by atoms with Crippen molar-refractivity contribution in [1.82, 2.24) is 14.4 Å². The number of anilines is 1. The normalized spacial score (nSPS) is 11.4. The summed E-state index contributed by atoms with van der Waals surface area (Å²) < 4.78 is 26.5. The highest BCUT2D eigenvalue weighted by Crippen LogP contribution is 2.25. The van der Waals surface area contributed by atoms with Gasteiger partial charge < -0.3 is 4.57 Å². The van der Waals surface area contributed by atoms with Gasteiger partial charge in [0.2, 0.25) is 0 Å². The van der Waals surface area contributed by atoms with Crippen LogP contribution in [0.1, 0.15) is 0 Å². The molecule has 0 saturated heterocycles. The molecule has 0 aliphatic heterocycles. The van der Waals surface area contributed by atoms with Gasteiger partial charge in [-0.3, -0.25) is 5.43 Å². The largest absolute Gasteiger partial charge is 0.321 e. The van der Waals surface area contributed by atoms with Crippen LogP contribution >= 0.6 is 23.2 Å². The quantitative estimate of drug-likeness (QED) is 0.662. The average molecular weight is 383 g/mol. The van der Waals surface area contributed by atoms with E-state index in [2.05, 4.69) is 15.2 Å². The number of aromatic nitrogens is 2. The zero-order valence-corrected chi connectivity index (χ0v) is 14.5. The molecule has 0 aliphatic carbocycles. The Morgan fingerprint density at radius 3 is 2.46 bits per heavy atom. The monoisotopic (exact) mass is 382 g/mol. The van der Waals surface area contributed by atoms with Gasteiger partial charge in [0.1, 0.15) is 0 Å². The molecule has 1 aromatic carbocycles. The van der Waals surface area contributed by atoms with Gasteiger partial charge in [-0.05, 0) is 42.5 Å². The molecule has 0 unspecified atom stereocenters. The fourth-order valence-corrected chi connectivity index (χ4v) is 3.25. The molecule has 2 aromatic heterocycles. The van der Waals surface area contributed by atoms with Crippen LogP contribution in [0.3, 0.4) is 0 Å². The van der Waals surface area contributed by atoms with Gasteiger partial charge in [-0.15, -0.1) is 4.83 Å². The molecule has 0 fully saturated rings. The van der Waals surface area contributed by atoms with Crippen LogP contribution in [0.2, 0.25) is 10.0 Å². The first kappa shape index (κ1) is 16.8. The van der Waals surface area contributed by atoms with Crippen LogP contribution in [-0.2, 0) is 10.0 Å². The van der Waals surface area contributed by atoms with Gasteiger partial charge in [-0.25, -0.2) is 13.4 Å². The minimum absolute atomic E-state index is 0.0113. The molecule has 2 N–H and O–H groups in total. The standard InChI is InChI=1S/C15H12Cl2N4O2S/c16-12-6-5-11(10-13(12)17)24(22,23)20-19-15-14(4-3-7-18-15)21-8-1-2-9-21/h1-10,20H,(H,18,19). The Hall–Kier alpha value is -2.06. The van der Waals surface area contributed by atoms with Gasteiger partial charge in [0, 0.05) is 18.6 Å². The molecule has 2 heterocycles. The van der Waals surface area contributed by atoms with Gasteiger partial charge in [0.25, 0.3) is 10.0 Å². The molecule has 24 heavy (non-hydrogen) atoms. The topological polar surface area (TPSA) is 76.0 Å². The first-order chi connectivity index (χ1) is 11.5. The van der Waals surface area contributed by atoms with E-state index in [0.717, 1.165) is 0 Å². The van der Waals surface area contributed by atoms with Crippen molar-refractivity contribution in [2.75, 3.05) is 5.43 Å². The van der Waals surface area contributed by atoms with Gasteiger partial charge in [-0.1, -0.05) is 23.2 Å². The van der Waals surface area contributed by atoms with Crippen LogP contribution in [0.5, 0.6) is 0 Å². The molecule has 6 nitrogen and oxygen atoms in total. The fraction of sp³-hybridized carbons (Fsp3) is 0. The van der Waals surface area contributed by atoms with Gasteiger partial charge in [0.15, 0.2) is 5.82 Å². The molecule has 9 heteroatoms. The second-order valence-corrected chi connectivity index (χ2v) is 7.26. The van der Waals surface area contributed by atoms with Crippen molar-refractivity contribution in [3.8, 4) is 5.69 Å². The first-order valence-electron chi connectivity index (χ1n) is 6.78. The van der Waals surface area contributed by atoms with E-state index in [4.69, 9.17) is 23.2 Å². The van der Waals surface area contributed by atoms with E-state index < -0.39 is 10.0 Å². The second-order valence-electron chi connectivity index (χ2n) is 4.77. The number of pyridine rings is 1. The number of benzene rings is 1. The van der Waals surface area contributed by atoms with Crippen LogP contribution < -0.4 is 10.3 Å². The number of halogens is 2. The van der Waals surface area contributed by atoms with E-state index >= 15 is 0 Å². The van der Waals surface area contributed by atoms with E-state index in [-0.39, 0.29) is 14.9 Å². The van der Waals surface area contributed by atoms with Gasteiger partial charge >= 0.3 is 0 Å². The molecule has 0 radical (unpaired) electrons. The molecular formula is C15H12Cl2N4O2S. The molecule has 0 saturated carbocycles. The molecular weight excluding hydrogens is 371 g/mol. The lowest BCUT2D eigenvalue weighted by Crippen LogP contribution is -2.30. The van der Waals surface area contributed by atoms with Crippen molar-refractivity contribution < 1.29 is 8.42 Å². The van der Waals surface area contributed by atoms with Gasteiger partial charge in [-0.2, -0.15) is 0 Å². The number of sulfonamides is 1. The first-order valence-corrected chi connectivity index (χ1v) is 9.02. The number of nitrogens with one attached hydrogen (secondary N) is 2. The zero-order valence-electron chi connectivity index (χ0n) is 12.1. The lowest BCUT2D eigenvalue weighted by atomic mass is 10.4.